The molecule has 2 aromatic carbocycles. The largest absolute Gasteiger partial charge is 0.479 e. The molecule has 1 N–H and O–H groups in total. The number of benzene rings is 2. The number of nitrogens with zero attached hydrogens (tertiary/aromatic N) is 2. The summed E-state index contributed by atoms with van der Waals surface area (Å²) in [7, 11) is 0. The molecule has 174 valence electrons. The van der Waals surface area contributed by atoms with Crippen LogP contribution in [-0.2, 0) is 6.61 Å². The Labute approximate surface area is 194 Å². The lowest BCUT2D eigenvalue weighted by Crippen LogP contribution is -2.10. The second-order valence-electron chi connectivity index (χ2n) is 6.67. The van der Waals surface area contributed by atoms with E-state index in [1.54, 1.807) is 23.6 Å². The van der Waals surface area contributed by atoms with Crippen LogP contribution >= 0.6 is 11.3 Å². The molecule has 0 aliphatic heterocycles. The number of nitro benzene ring substituents is 1. The fraction of sp³-hybridized carbons (Fsp3) is 0.0909. The number of nitro groups is 1. The molecule has 4 aromatic rings. The van der Waals surface area contributed by atoms with Crippen molar-refractivity contribution in [1.29, 1.82) is 0 Å². The normalized spacial score (nSPS) is 10.8. The predicted molar refractivity (Wildman–Crippen MR) is 118 cm³/mol. The molecule has 2 heterocycles. The molecule has 2 aromatic heterocycles. The van der Waals surface area contributed by atoms with E-state index in [1.807, 2.05) is 0 Å². The Morgan fingerprint density at radius 3 is 2.65 bits per heavy atom. The molecule has 0 atom stereocenters. The van der Waals surface area contributed by atoms with Gasteiger partial charge in [0, 0.05) is 17.0 Å². The van der Waals surface area contributed by atoms with Crippen molar-refractivity contribution in [2.45, 2.75) is 13.2 Å². The molecule has 0 spiro atoms. The molecule has 0 radical (unpaired) electrons. The van der Waals surface area contributed by atoms with Gasteiger partial charge in [0.15, 0.2) is 16.6 Å². The summed E-state index contributed by atoms with van der Waals surface area (Å²) in [5, 5.41) is 15.7. The number of furan rings is 1. The Bertz CT molecular complexity index is 1310. The monoisotopic (exact) mass is 487 g/mol. The molecule has 12 heteroatoms. The number of carbonyl (C=O) groups is 1. The lowest BCUT2D eigenvalue weighted by Gasteiger charge is -2.04. The van der Waals surface area contributed by atoms with Gasteiger partial charge in [-0.2, -0.15) is 8.78 Å². The minimum Gasteiger partial charge on any atom is -0.479 e. The highest BCUT2D eigenvalue weighted by atomic mass is 32.1. The van der Waals surface area contributed by atoms with E-state index in [2.05, 4.69) is 15.0 Å². The van der Waals surface area contributed by atoms with Crippen LogP contribution in [0.25, 0.3) is 11.3 Å². The molecule has 0 aliphatic carbocycles. The first-order valence-electron chi connectivity index (χ1n) is 9.66. The van der Waals surface area contributed by atoms with Crippen molar-refractivity contribution in [2.24, 2.45) is 0 Å². The zero-order chi connectivity index (χ0) is 24.1. The molecule has 0 unspecified atom stereocenters. The van der Waals surface area contributed by atoms with Crippen molar-refractivity contribution in [3.63, 3.8) is 0 Å². The summed E-state index contributed by atoms with van der Waals surface area (Å²) in [5.74, 6) is -0.125. The van der Waals surface area contributed by atoms with Crippen molar-refractivity contribution < 1.29 is 32.4 Å². The maximum Gasteiger partial charge on any atom is 0.387 e. The van der Waals surface area contributed by atoms with Gasteiger partial charge in [-0.3, -0.25) is 20.2 Å². The van der Waals surface area contributed by atoms with Crippen LogP contribution in [0.4, 0.5) is 19.6 Å². The third-order valence-corrected chi connectivity index (χ3v) is 5.17. The molecule has 0 bridgehead atoms. The number of halogens is 2. The number of para-hydroxylation sites is 2. The fourth-order valence-electron chi connectivity index (χ4n) is 2.89. The van der Waals surface area contributed by atoms with E-state index < -0.39 is 17.4 Å². The highest BCUT2D eigenvalue weighted by Crippen LogP contribution is 2.28. The Morgan fingerprint density at radius 1 is 1.15 bits per heavy atom. The maximum absolute atomic E-state index is 12.5. The van der Waals surface area contributed by atoms with Crippen molar-refractivity contribution >= 4 is 28.1 Å². The molecule has 0 fully saturated rings. The molecule has 0 saturated heterocycles. The Kier molecular flexibility index (Phi) is 6.78. The first-order valence-corrected chi connectivity index (χ1v) is 10.5. The van der Waals surface area contributed by atoms with Gasteiger partial charge in [0.25, 0.3) is 5.91 Å². The van der Waals surface area contributed by atoms with Crippen LogP contribution < -0.4 is 14.8 Å². The van der Waals surface area contributed by atoms with Crippen LogP contribution in [0.1, 0.15) is 16.3 Å². The third-order valence-electron chi connectivity index (χ3n) is 4.42. The van der Waals surface area contributed by atoms with Gasteiger partial charge in [-0.1, -0.05) is 12.1 Å². The van der Waals surface area contributed by atoms with Crippen LogP contribution in [0, 0.1) is 10.1 Å². The van der Waals surface area contributed by atoms with E-state index in [9.17, 15) is 23.7 Å². The maximum atomic E-state index is 12.5. The van der Waals surface area contributed by atoms with Crippen LogP contribution in [0.2, 0.25) is 0 Å². The van der Waals surface area contributed by atoms with Gasteiger partial charge in [0.05, 0.1) is 10.6 Å². The highest BCUT2D eigenvalue weighted by Gasteiger charge is 2.17. The molecule has 0 saturated carbocycles. The minimum atomic E-state index is -2.91. The summed E-state index contributed by atoms with van der Waals surface area (Å²) in [6.07, 6.45) is 0. The molecular formula is C22H15F2N3O6S. The quantitative estimate of drug-likeness (QED) is 0.236. The topological polar surface area (TPSA) is 117 Å². The smallest absolute Gasteiger partial charge is 0.387 e. The summed E-state index contributed by atoms with van der Waals surface area (Å²) in [5.41, 5.74) is 1.02. The number of nitrogens with one attached hydrogen (secondary N) is 1. The minimum absolute atomic E-state index is 0.00594. The van der Waals surface area contributed by atoms with Crippen molar-refractivity contribution in [2.75, 3.05) is 5.32 Å². The predicted octanol–water partition coefficient (Wildman–Crippen LogP) is 5.74. The van der Waals surface area contributed by atoms with E-state index in [0.717, 1.165) is 0 Å². The summed E-state index contributed by atoms with van der Waals surface area (Å²) in [6.45, 7) is -3.01. The standard InChI is InChI=1S/C22H15F2N3O6S/c23-21(24)33-14-7-5-13(6-8-14)16-12-34-22(25-16)26-20(28)19-10-9-15(32-19)11-31-18-4-2-1-3-17(18)27(29)30/h1-10,12,21H,11H2,(H,25,26,28). The van der Waals surface area contributed by atoms with Gasteiger partial charge in [-0.15, -0.1) is 11.3 Å². The van der Waals surface area contributed by atoms with Crippen molar-refractivity contribution in [3.8, 4) is 22.8 Å². The van der Waals surface area contributed by atoms with Gasteiger partial charge >= 0.3 is 12.3 Å². The molecular weight excluding hydrogens is 472 g/mol. The average molecular weight is 487 g/mol. The number of carbonyl (C=O) groups excluding carboxylic acids is 1. The van der Waals surface area contributed by atoms with E-state index in [1.165, 1.54) is 53.8 Å². The number of thiazole rings is 1. The number of aromatic nitrogens is 1. The zero-order valence-corrected chi connectivity index (χ0v) is 18.0. The second-order valence-corrected chi connectivity index (χ2v) is 7.53. The fourth-order valence-corrected chi connectivity index (χ4v) is 3.60. The Balaban J connectivity index is 1.36. The summed E-state index contributed by atoms with van der Waals surface area (Å²) in [4.78, 5) is 27.3. The number of alkyl halides is 2. The van der Waals surface area contributed by atoms with Gasteiger partial charge in [-0.25, -0.2) is 4.98 Å². The Morgan fingerprint density at radius 2 is 1.91 bits per heavy atom. The number of hydrogen-bond donors (Lipinski definition) is 1. The highest BCUT2D eigenvalue weighted by molar-refractivity contribution is 7.14. The van der Waals surface area contributed by atoms with Gasteiger partial charge in [-0.05, 0) is 42.5 Å². The summed E-state index contributed by atoms with van der Waals surface area (Å²) < 4.78 is 39.8. The van der Waals surface area contributed by atoms with Crippen LogP contribution in [0.15, 0.2) is 70.5 Å². The summed E-state index contributed by atoms with van der Waals surface area (Å²) >= 11 is 1.18. The first-order chi connectivity index (χ1) is 16.4. The van der Waals surface area contributed by atoms with Gasteiger partial charge in [0.2, 0.25) is 0 Å². The Hall–Kier alpha value is -4.32. The van der Waals surface area contributed by atoms with Crippen molar-refractivity contribution in [1.82, 2.24) is 4.98 Å². The lowest BCUT2D eigenvalue weighted by atomic mass is 10.2. The van der Waals surface area contributed by atoms with E-state index in [4.69, 9.17) is 9.15 Å². The molecule has 1 amide bonds. The zero-order valence-electron chi connectivity index (χ0n) is 17.1. The van der Waals surface area contributed by atoms with Crippen LogP contribution in [0.5, 0.6) is 11.5 Å². The molecule has 4 rings (SSSR count). The van der Waals surface area contributed by atoms with E-state index in [-0.39, 0.29) is 29.6 Å². The number of anilines is 1. The van der Waals surface area contributed by atoms with Crippen LogP contribution in [-0.4, -0.2) is 22.4 Å². The number of rotatable bonds is 9. The molecule has 0 aliphatic rings. The molecule has 34 heavy (non-hydrogen) atoms. The van der Waals surface area contributed by atoms with Crippen molar-refractivity contribution in [3.05, 3.63) is 87.7 Å². The van der Waals surface area contributed by atoms with Gasteiger partial charge in [0.1, 0.15) is 18.1 Å². The summed E-state index contributed by atoms with van der Waals surface area (Å²) in [6, 6.07) is 14.9. The van der Waals surface area contributed by atoms with E-state index >= 15 is 0 Å². The SMILES string of the molecule is O=C(Nc1nc(-c2ccc(OC(F)F)cc2)cs1)c1ccc(COc2ccccc2[N+](=O)[O-])o1. The van der Waals surface area contributed by atoms with Gasteiger partial charge < -0.3 is 13.9 Å². The number of ether oxygens (including phenoxy) is 2. The number of hydrogen-bond acceptors (Lipinski definition) is 8. The average Bonchev–Trinajstić information content (AvgIpc) is 3.48. The van der Waals surface area contributed by atoms with E-state index in [0.29, 0.717) is 22.1 Å². The number of amides is 1. The lowest BCUT2D eigenvalue weighted by molar-refractivity contribution is -0.386. The van der Waals surface area contributed by atoms with Crippen LogP contribution in [0.3, 0.4) is 0 Å². The molecule has 9 nitrogen and oxygen atoms in total. The second kappa shape index (κ2) is 10.1. The third kappa shape index (κ3) is 5.53. The first kappa shape index (κ1) is 22.9.